The van der Waals surface area contributed by atoms with Crippen LogP contribution in [-0.2, 0) is 16.1 Å². The second-order valence-electron chi connectivity index (χ2n) is 5.38. The first-order valence-electron chi connectivity index (χ1n) is 7.54. The molecule has 0 aliphatic heterocycles. The third-order valence-corrected chi connectivity index (χ3v) is 3.51. The molecule has 0 saturated carbocycles. The van der Waals surface area contributed by atoms with Crippen LogP contribution >= 0.6 is 12.4 Å². The lowest BCUT2D eigenvalue weighted by Crippen LogP contribution is -2.14. The van der Waals surface area contributed by atoms with Gasteiger partial charge in [-0.05, 0) is 42.8 Å². The van der Waals surface area contributed by atoms with Crippen LogP contribution in [-0.4, -0.2) is 26.2 Å². The van der Waals surface area contributed by atoms with E-state index in [9.17, 15) is 9.18 Å². The third kappa shape index (κ3) is 6.01. The molecule has 0 unspecified atom stereocenters. The molecule has 0 atom stereocenters. The predicted molar refractivity (Wildman–Crippen MR) is 98.7 cm³/mol. The molecule has 0 aromatic heterocycles. The number of amides is 1. The maximum Gasteiger partial charge on any atom is 0.255 e. The van der Waals surface area contributed by atoms with E-state index in [-0.39, 0.29) is 24.9 Å². The van der Waals surface area contributed by atoms with Gasteiger partial charge in [0.2, 0.25) is 0 Å². The van der Waals surface area contributed by atoms with Crippen molar-refractivity contribution in [3.8, 4) is 0 Å². The summed E-state index contributed by atoms with van der Waals surface area (Å²) >= 11 is 0. The summed E-state index contributed by atoms with van der Waals surface area (Å²) in [4.78, 5) is 12.4. The number of nitrogens with one attached hydrogen (secondary N) is 1. The lowest BCUT2D eigenvalue weighted by atomic mass is 10.1. The molecule has 1 amide bonds. The van der Waals surface area contributed by atoms with Gasteiger partial charge in [0.25, 0.3) is 5.91 Å². The van der Waals surface area contributed by atoms with Crippen molar-refractivity contribution in [3.63, 3.8) is 0 Å². The van der Waals surface area contributed by atoms with Crippen LogP contribution in [0.25, 0.3) is 0 Å². The summed E-state index contributed by atoms with van der Waals surface area (Å²) in [6.07, 6.45) is 0. The Morgan fingerprint density at radius 3 is 2.68 bits per heavy atom. The van der Waals surface area contributed by atoms with Crippen molar-refractivity contribution in [2.24, 2.45) is 0 Å². The van der Waals surface area contributed by atoms with Crippen LogP contribution in [0.4, 0.5) is 15.8 Å². The fourth-order valence-electron chi connectivity index (χ4n) is 2.12. The van der Waals surface area contributed by atoms with E-state index in [0.717, 1.165) is 5.56 Å². The van der Waals surface area contributed by atoms with Crippen LogP contribution < -0.4 is 11.1 Å². The zero-order valence-corrected chi connectivity index (χ0v) is 15.0. The standard InChI is InChI=1S/C18H21FN2O3.ClH/c1-12-3-5-15(20)10-17(12)21-18(22)13-4-6-16(19)14(9-13)11-24-8-7-23-2;/h3-6,9-10H,7-8,11,20H2,1-2H3,(H,21,22);1H. The van der Waals surface area contributed by atoms with Crippen molar-refractivity contribution in [1.82, 2.24) is 0 Å². The molecule has 136 valence electrons. The van der Waals surface area contributed by atoms with E-state index in [1.54, 1.807) is 19.2 Å². The number of halogens is 2. The van der Waals surface area contributed by atoms with Crippen molar-refractivity contribution in [2.75, 3.05) is 31.4 Å². The number of methoxy groups -OCH3 is 1. The summed E-state index contributed by atoms with van der Waals surface area (Å²) < 4.78 is 24.0. The molecule has 7 heteroatoms. The normalized spacial score (nSPS) is 10.2. The average Bonchev–Trinajstić information content (AvgIpc) is 2.56. The van der Waals surface area contributed by atoms with Crippen molar-refractivity contribution in [2.45, 2.75) is 13.5 Å². The Balaban J connectivity index is 0.00000312. The number of hydrogen-bond donors (Lipinski definition) is 2. The van der Waals surface area contributed by atoms with E-state index in [1.165, 1.54) is 18.2 Å². The van der Waals surface area contributed by atoms with E-state index in [4.69, 9.17) is 15.2 Å². The van der Waals surface area contributed by atoms with Crippen LogP contribution in [0, 0.1) is 12.7 Å². The number of rotatable bonds is 7. The number of carbonyl (C=O) groups is 1. The SMILES string of the molecule is COCCOCc1cc(C(=O)Nc2cc(N)ccc2C)ccc1F.Cl. The highest BCUT2D eigenvalue weighted by atomic mass is 35.5. The summed E-state index contributed by atoms with van der Waals surface area (Å²) in [6, 6.07) is 9.45. The number of carbonyl (C=O) groups excluding carboxylic acids is 1. The van der Waals surface area contributed by atoms with E-state index in [0.29, 0.717) is 35.7 Å². The molecule has 2 aromatic carbocycles. The molecule has 2 rings (SSSR count). The Bertz CT molecular complexity index is 725. The Morgan fingerprint density at radius 1 is 1.20 bits per heavy atom. The number of anilines is 2. The van der Waals surface area contributed by atoms with Gasteiger partial charge >= 0.3 is 0 Å². The minimum Gasteiger partial charge on any atom is -0.399 e. The predicted octanol–water partition coefficient (Wildman–Crippen LogP) is 3.55. The first-order chi connectivity index (χ1) is 11.5. The lowest BCUT2D eigenvalue weighted by molar-refractivity contribution is 0.0604. The average molecular weight is 369 g/mol. The number of nitrogen functional groups attached to an aromatic ring is 1. The molecule has 0 fully saturated rings. The van der Waals surface area contributed by atoms with Crippen LogP contribution in [0.15, 0.2) is 36.4 Å². The molecule has 25 heavy (non-hydrogen) atoms. The van der Waals surface area contributed by atoms with Crippen molar-refractivity contribution < 1.29 is 18.7 Å². The van der Waals surface area contributed by atoms with Gasteiger partial charge in [-0.2, -0.15) is 0 Å². The molecule has 0 heterocycles. The zero-order chi connectivity index (χ0) is 17.5. The first kappa shape index (κ1) is 20.9. The Labute approximate surface area is 152 Å². The molecule has 0 aliphatic carbocycles. The number of benzene rings is 2. The van der Waals surface area contributed by atoms with Gasteiger partial charge in [-0.15, -0.1) is 12.4 Å². The summed E-state index contributed by atoms with van der Waals surface area (Å²) in [5.74, 6) is -0.744. The van der Waals surface area contributed by atoms with Gasteiger partial charge in [-0.3, -0.25) is 4.79 Å². The van der Waals surface area contributed by atoms with Crippen molar-refractivity contribution >= 4 is 29.7 Å². The Morgan fingerprint density at radius 2 is 1.96 bits per heavy atom. The van der Waals surface area contributed by atoms with Gasteiger partial charge in [-0.25, -0.2) is 4.39 Å². The molecule has 0 aliphatic rings. The molecular formula is C18H22ClFN2O3. The quantitative estimate of drug-likeness (QED) is 0.579. The second kappa shape index (κ2) is 9.98. The number of nitrogens with two attached hydrogens (primary N) is 1. The molecule has 0 spiro atoms. The summed E-state index contributed by atoms with van der Waals surface area (Å²) in [5, 5.41) is 2.79. The molecule has 3 N–H and O–H groups in total. The topological polar surface area (TPSA) is 73.6 Å². The monoisotopic (exact) mass is 368 g/mol. The first-order valence-corrected chi connectivity index (χ1v) is 7.54. The van der Waals surface area contributed by atoms with Gasteiger partial charge in [0.1, 0.15) is 5.82 Å². The zero-order valence-electron chi connectivity index (χ0n) is 14.2. The smallest absolute Gasteiger partial charge is 0.255 e. The van der Waals surface area contributed by atoms with Crippen LogP contribution in [0.3, 0.4) is 0 Å². The Hall–Kier alpha value is -2.15. The third-order valence-electron chi connectivity index (χ3n) is 3.51. The fourth-order valence-corrected chi connectivity index (χ4v) is 2.12. The van der Waals surface area contributed by atoms with Crippen LogP contribution in [0.1, 0.15) is 21.5 Å². The molecule has 0 bridgehead atoms. The molecule has 2 aromatic rings. The summed E-state index contributed by atoms with van der Waals surface area (Å²) in [5.41, 5.74) is 8.49. The van der Waals surface area contributed by atoms with Gasteiger partial charge in [0.05, 0.1) is 19.8 Å². The highest BCUT2D eigenvalue weighted by molar-refractivity contribution is 6.05. The maximum atomic E-state index is 13.8. The summed E-state index contributed by atoms with van der Waals surface area (Å²) in [6.45, 7) is 2.73. The maximum absolute atomic E-state index is 13.8. The van der Waals surface area contributed by atoms with Gasteiger partial charge in [0.15, 0.2) is 0 Å². The highest BCUT2D eigenvalue weighted by Gasteiger charge is 2.11. The van der Waals surface area contributed by atoms with Gasteiger partial charge in [-0.1, -0.05) is 6.07 Å². The highest BCUT2D eigenvalue weighted by Crippen LogP contribution is 2.20. The number of ether oxygens (including phenoxy) is 2. The Kier molecular flexibility index (Phi) is 8.34. The number of aryl methyl sites for hydroxylation is 1. The minimum absolute atomic E-state index is 0. The minimum atomic E-state index is -0.413. The summed E-state index contributed by atoms with van der Waals surface area (Å²) in [7, 11) is 1.56. The van der Waals surface area contributed by atoms with Crippen LogP contribution in [0.2, 0.25) is 0 Å². The molecule has 0 saturated heterocycles. The fraction of sp³-hybridized carbons (Fsp3) is 0.278. The molecular weight excluding hydrogens is 347 g/mol. The molecule has 0 radical (unpaired) electrons. The van der Waals surface area contributed by atoms with Gasteiger partial charge in [0, 0.05) is 29.6 Å². The van der Waals surface area contributed by atoms with E-state index < -0.39 is 5.82 Å². The van der Waals surface area contributed by atoms with E-state index >= 15 is 0 Å². The van der Waals surface area contributed by atoms with Gasteiger partial charge < -0.3 is 20.5 Å². The second-order valence-corrected chi connectivity index (χ2v) is 5.38. The number of hydrogen-bond acceptors (Lipinski definition) is 4. The van der Waals surface area contributed by atoms with E-state index in [1.807, 2.05) is 13.0 Å². The lowest BCUT2D eigenvalue weighted by Gasteiger charge is -2.11. The van der Waals surface area contributed by atoms with Crippen molar-refractivity contribution in [3.05, 3.63) is 58.9 Å². The van der Waals surface area contributed by atoms with Crippen LogP contribution in [0.5, 0.6) is 0 Å². The van der Waals surface area contributed by atoms with Crippen molar-refractivity contribution in [1.29, 1.82) is 0 Å². The van der Waals surface area contributed by atoms with E-state index in [2.05, 4.69) is 5.32 Å². The largest absolute Gasteiger partial charge is 0.399 e. The molecule has 5 nitrogen and oxygen atoms in total.